The number of benzene rings is 1. The Hall–Kier alpha value is -1.68. The third-order valence-electron chi connectivity index (χ3n) is 3.16. The predicted octanol–water partition coefficient (Wildman–Crippen LogP) is 3.52. The predicted molar refractivity (Wildman–Crippen MR) is 84.6 cm³/mol. The van der Waals surface area contributed by atoms with E-state index in [1.807, 2.05) is 29.2 Å². The van der Waals surface area contributed by atoms with Crippen LogP contribution in [0, 0.1) is 0 Å². The monoisotopic (exact) mass is 289 g/mol. The first-order chi connectivity index (χ1) is 9.67. The summed E-state index contributed by atoms with van der Waals surface area (Å²) in [5, 5.41) is 1.53. The number of amides is 1. The molecule has 0 N–H and O–H groups in total. The quantitative estimate of drug-likeness (QED) is 0.844. The van der Waals surface area contributed by atoms with Crippen molar-refractivity contribution in [3.8, 4) is 0 Å². The fourth-order valence-corrected chi connectivity index (χ4v) is 3.15. The van der Waals surface area contributed by atoms with Crippen LogP contribution >= 0.6 is 11.3 Å². The standard InChI is InChI=1S/C16H19NO2S/c1-3-9-17(10-4-2)15(18)14-11-12-7-5-6-8-13(12)16(19)20-14/h5-8,11H,3-4,9-10H2,1-2H3. The number of rotatable bonds is 5. The maximum atomic E-state index is 12.5. The zero-order valence-corrected chi connectivity index (χ0v) is 12.7. The van der Waals surface area contributed by atoms with Crippen LogP contribution in [0.25, 0.3) is 10.8 Å². The molecule has 106 valence electrons. The normalized spacial score (nSPS) is 10.7. The van der Waals surface area contributed by atoms with Crippen molar-refractivity contribution in [1.82, 2.24) is 4.90 Å². The molecule has 3 nitrogen and oxygen atoms in total. The van der Waals surface area contributed by atoms with Crippen molar-refractivity contribution >= 4 is 28.0 Å². The van der Waals surface area contributed by atoms with Gasteiger partial charge in [-0.05, 0) is 30.4 Å². The van der Waals surface area contributed by atoms with Crippen LogP contribution in [0.2, 0.25) is 0 Å². The van der Waals surface area contributed by atoms with Crippen molar-refractivity contribution in [3.63, 3.8) is 0 Å². The van der Waals surface area contributed by atoms with Crippen LogP contribution in [-0.4, -0.2) is 23.9 Å². The van der Waals surface area contributed by atoms with Crippen LogP contribution in [0.3, 0.4) is 0 Å². The van der Waals surface area contributed by atoms with E-state index in [-0.39, 0.29) is 10.6 Å². The molecule has 0 unspecified atom stereocenters. The minimum absolute atomic E-state index is 0.0263. The number of carbonyl (C=O) groups excluding carboxylic acids is 1. The highest BCUT2D eigenvalue weighted by Gasteiger charge is 2.16. The van der Waals surface area contributed by atoms with Crippen molar-refractivity contribution in [2.75, 3.05) is 13.1 Å². The van der Waals surface area contributed by atoms with E-state index in [2.05, 4.69) is 13.8 Å². The molecule has 0 fully saturated rings. The molecule has 0 aliphatic heterocycles. The summed E-state index contributed by atoms with van der Waals surface area (Å²) in [6.45, 7) is 5.58. The van der Waals surface area contributed by atoms with Crippen LogP contribution in [0.5, 0.6) is 0 Å². The molecule has 2 aromatic rings. The lowest BCUT2D eigenvalue weighted by Gasteiger charge is -2.21. The van der Waals surface area contributed by atoms with Gasteiger partial charge >= 0.3 is 0 Å². The fraction of sp³-hybridized carbons (Fsp3) is 0.375. The average Bonchev–Trinajstić information content (AvgIpc) is 2.46. The van der Waals surface area contributed by atoms with Gasteiger partial charge in [0, 0.05) is 18.5 Å². The number of hydrogen-bond acceptors (Lipinski definition) is 3. The van der Waals surface area contributed by atoms with E-state index in [0.29, 0.717) is 10.3 Å². The molecule has 1 amide bonds. The first-order valence-corrected chi connectivity index (χ1v) is 7.81. The lowest BCUT2D eigenvalue weighted by atomic mass is 10.2. The average molecular weight is 289 g/mol. The first kappa shape index (κ1) is 14.7. The van der Waals surface area contributed by atoms with Gasteiger partial charge in [0.25, 0.3) is 5.91 Å². The SMILES string of the molecule is CCCN(CCC)C(=O)c1cc2ccccc2c(=O)s1. The largest absolute Gasteiger partial charge is 0.338 e. The number of carbonyl (C=O) groups is 1. The van der Waals surface area contributed by atoms with Gasteiger partial charge in [-0.2, -0.15) is 0 Å². The fourth-order valence-electron chi connectivity index (χ4n) is 2.25. The van der Waals surface area contributed by atoms with E-state index in [9.17, 15) is 9.59 Å². The van der Waals surface area contributed by atoms with Gasteiger partial charge in [-0.25, -0.2) is 0 Å². The topological polar surface area (TPSA) is 37.4 Å². The van der Waals surface area contributed by atoms with E-state index in [1.165, 1.54) is 0 Å². The van der Waals surface area contributed by atoms with E-state index < -0.39 is 0 Å². The third kappa shape index (κ3) is 3.07. The molecule has 1 aromatic heterocycles. The zero-order chi connectivity index (χ0) is 14.5. The summed E-state index contributed by atoms with van der Waals surface area (Å²) in [6.07, 6.45) is 1.85. The molecule has 0 spiro atoms. The second-order valence-corrected chi connectivity index (χ2v) is 5.79. The van der Waals surface area contributed by atoms with Crippen molar-refractivity contribution in [2.24, 2.45) is 0 Å². The zero-order valence-electron chi connectivity index (χ0n) is 11.9. The molecule has 0 bridgehead atoms. The van der Waals surface area contributed by atoms with Crippen LogP contribution in [0.4, 0.5) is 0 Å². The maximum absolute atomic E-state index is 12.5. The summed E-state index contributed by atoms with van der Waals surface area (Å²) in [6, 6.07) is 9.25. The lowest BCUT2D eigenvalue weighted by molar-refractivity contribution is 0.0760. The molecule has 0 atom stereocenters. The molecular formula is C16H19NO2S. The molecule has 0 aliphatic carbocycles. The molecule has 2 rings (SSSR count). The van der Waals surface area contributed by atoms with E-state index in [0.717, 1.165) is 42.7 Å². The summed E-state index contributed by atoms with van der Waals surface area (Å²) in [7, 11) is 0. The van der Waals surface area contributed by atoms with Crippen molar-refractivity contribution < 1.29 is 4.79 Å². The van der Waals surface area contributed by atoms with Crippen LogP contribution in [0.1, 0.15) is 36.4 Å². The van der Waals surface area contributed by atoms with Gasteiger partial charge in [0.2, 0.25) is 4.74 Å². The molecule has 1 heterocycles. The van der Waals surface area contributed by atoms with E-state index >= 15 is 0 Å². The van der Waals surface area contributed by atoms with Gasteiger partial charge in [-0.1, -0.05) is 43.4 Å². The number of fused-ring (bicyclic) bond motifs is 1. The minimum Gasteiger partial charge on any atom is -0.338 e. The van der Waals surface area contributed by atoms with Crippen molar-refractivity contribution in [3.05, 3.63) is 44.7 Å². The molecule has 4 heteroatoms. The van der Waals surface area contributed by atoms with Gasteiger partial charge in [-0.3, -0.25) is 9.59 Å². The molecule has 20 heavy (non-hydrogen) atoms. The smallest absolute Gasteiger partial charge is 0.264 e. The summed E-state index contributed by atoms with van der Waals surface area (Å²) < 4.78 is -0.0422. The molecular weight excluding hydrogens is 270 g/mol. The number of hydrogen-bond donors (Lipinski definition) is 0. The highest BCUT2D eigenvalue weighted by molar-refractivity contribution is 7.12. The van der Waals surface area contributed by atoms with Crippen LogP contribution in [-0.2, 0) is 0 Å². The van der Waals surface area contributed by atoms with Gasteiger partial charge in [0.15, 0.2) is 0 Å². The number of nitrogens with zero attached hydrogens (tertiary/aromatic N) is 1. The van der Waals surface area contributed by atoms with E-state index in [4.69, 9.17) is 0 Å². The maximum Gasteiger partial charge on any atom is 0.264 e. The van der Waals surface area contributed by atoms with Gasteiger partial charge in [-0.15, -0.1) is 0 Å². The molecule has 0 radical (unpaired) electrons. The molecule has 0 saturated heterocycles. The summed E-state index contributed by atoms with van der Waals surface area (Å²) in [5.41, 5.74) is 0. The highest BCUT2D eigenvalue weighted by Crippen LogP contribution is 2.17. The Balaban J connectivity index is 2.41. The minimum atomic E-state index is -0.0422. The molecule has 0 saturated carbocycles. The Labute approximate surface area is 122 Å². The lowest BCUT2D eigenvalue weighted by Crippen LogP contribution is -2.32. The van der Waals surface area contributed by atoms with Gasteiger partial charge in [0.05, 0.1) is 4.88 Å². The van der Waals surface area contributed by atoms with E-state index in [1.54, 1.807) is 6.07 Å². The Morgan fingerprint density at radius 3 is 2.45 bits per heavy atom. The van der Waals surface area contributed by atoms with Gasteiger partial charge in [0.1, 0.15) is 0 Å². The Bertz CT molecular complexity index is 657. The Kier molecular flexibility index (Phi) is 4.90. The summed E-state index contributed by atoms with van der Waals surface area (Å²) in [5.74, 6) is -0.0263. The van der Waals surface area contributed by atoms with Crippen LogP contribution < -0.4 is 4.74 Å². The van der Waals surface area contributed by atoms with Crippen molar-refractivity contribution in [1.29, 1.82) is 0 Å². The molecule has 0 aliphatic rings. The molecule has 1 aromatic carbocycles. The Morgan fingerprint density at radius 2 is 1.80 bits per heavy atom. The highest BCUT2D eigenvalue weighted by atomic mass is 32.1. The summed E-state index contributed by atoms with van der Waals surface area (Å²) >= 11 is 1.05. The summed E-state index contributed by atoms with van der Waals surface area (Å²) in [4.78, 5) is 27.0. The Morgan fingerprint density at radius 1 is 1.15 bits per heavy atom. The second kappa shape index (κ2) is 6.66. The van der Waals surface area contributed by atoms with Crippen LogP contribution in [0.15, 0.2) is 35.1 Å². The third-order valence-corrected chi connectivity index (χ3v) is 4.07. The second-order valence-electron chi connectivity index (χ2n) is 4.78. The first-order valence-electron chi connectivity index (χ1n) is 6.99. The van der Waals surface area contributed by atoms with Crippen molar-refractivity contribution in [2.45, 2.75) is 26.7 Å². The van der Waals surface area contributed by atoms with Gasteiger partial charge < -0.3 is 4.90 Å².